The highest BCUT2D eigenvalue weighted by Crippen LogP contribution is 2.27. The quantitative estimate of drug-likeness (QED) is 0.799. The number of thioether (sulfide) groups is 1. The second kappa shape index (κ2) is 5.37. The maximum atomic E-state index is 5.83. The second-order valence-electron chi connectivity index (χ2n) is 3.76. The average molecular weight is 224 g/mol. The van der Waals surface area contributed by atoms with Crippen molar-refractivity contribution in [2.45, 2.75) is 17.9 Å². The zero-order valence-corrected chi connectivity index (χ0v) is 9.50. The Morgan fingerprint density at radius 1 is 1.47 bits per heavy atom. The summed E-state index contributed by atoms with van der Waals surface area (Å²) in [6.07, 6.45) is 4.13. The number of nitrogen functional groups attached to an aromatic ring is 1. The van der Waals surface area contributed by atoms with Crippen LogP contribution in [0.25, 0.3) is 0 Å². The molecule has 0 saturated carbocycles. The Balaban J connectivity index is 1.84. The SMILES string of the molecule is Nc1cccnc1SCC1CCOCC1. The summed E-state index contributed by atoms with van der Waals surface area (Å²) in [4.78, 5) is 4.27. The van der Waals surface area contributed by atoms with Crippen LogP contribution in [0.4, 0.5) is 5.69 Å². The number of hydrogen-bond acceptors (Lipinski definition) is 4. The van der Waals surface area contributed by atoms with Gasteiger partial charge in [0.1, 0.15) is 5.03 Å². The lowest BCUT2D eigenvalue weighted by molar-refractivity contribution is 0.0728. The number of anilines is 1. The summed E-state index contributed by atoms with van der Waals surface area (Å²) in [5.74, 6) is 1.86. The van der Waals surface area contributed by atoms with Gasteiger partial charge in [0.2, 0.25) is 0 Å². The molecule has 4 heteroatoms. The van der Waals surface area contributed by atoms with Crippen molar-refractivity contribution in [2.24, 2.45) is 5.92 Å². The number of pyridine rings is 1. The summed E-state index contributed by atoms with van der Waals surface area (Å²) in [5, 5.41) is 0.962. The summed E-state index contributed by atoms with van der Waals surface area (Å²) in [6.45, 7) is 1.81. The normalized spacial score (nSPS) is 17.9. The molecule has 0 bridgehead atoms. The topological polar surface area (TPSA) is 48.1 Å². The van der Waals surface area contributed by atoms with Crippen LogP contribution in [-0.4, -0.2) is 24.0 Å². The van der Waals surface area contributed by atoms with Gasteiger partial charge < -0.3 is 10.5 Å². The molecule has 1 fully saturated rings. The smallest absolute Gasteiger partial charge is 0.119 e. The molecule has 3 nitrogen and oxygen atoms in total. The van der Waals surface area contributed by atoms with Gasteiger partial charge in [-0.2, -0.15) is 0 Å². The monoisotopic (exact) mass is 224 g/mol. The van der Waals surface area contributed by atoms with Crippen LogP contribution in [0.2, 0.25) is 0 Å². The summed E-state index contributed by atoms with van der Waals surface area (Å²) < 4.78 is 5.33. The number of aromatic nitrogens is 1. The minimum atomic E-state index is 0.755. The largest absolute Gasteiger partial charge is 0.397 e. The lowest BCUT2D eigenvalue weighted by atomic mass is 10.0. The van der Waals surface area contributed by atoms with E-state index in [9.17, 15) is 0 Å². The zero-order chi connectivity index (χ0) is 10.5. The van der Waals surface area contributed by atoms with E-state index >= 15 is 0 Å². The number of rotatable bonds is 3. The van der Waals surface area contributed by atoms with Crippen molar-refractivity contribution in [1.82, 2.24) is 4.98 Å². The highest BCUT2D eigenvalue weighted by atomic mass is 32.2. The molecule has 0 spiro atoms. The van der Waals surface area contributed by atoms with Crippen LogP contribution in [0, 0.1) is 5.92 Å². The van der Waals surface area contributed by atoms with Gasteiger partial charge >= 0.3 is 0 Å². The Bertz CT molecular complexity index is 313. The molecule has 15 heavy (non-hydrogen) atoms. The molecule has 2 heterocycles. The molecule has 1 saturated heterocycles. The van der Waals surface area contributed by atoms with Crippen molar-refractivity contribution in [3.8, 4) is 0 Å². The van der Waals surface area contributed by atoms with Gasteiger partial charge in [-0.15, -0.1) is 11.8 Å². The fourth-order valence-electron chi connectivity index (χ4n) is 1.63. The molecule has 1 aromatic rings. The first kappa shape index (κ1) is 10.8. The third kappa shape index (κ3) is 3.11. The third-order valence-corrected chi connectivity index (χ3v) is 3.85. The zero-order valence-electron chi connectivity index (χ0n) is 8.69. The number of ether oxygens (including phenoxy) is 1. The predicted molar refractivity (Wildman–Crippen MR) is 62.9 cm³/mol. The number of hydrogen-bond donors (Lipinski definition) is 1. The van der Waals surface area contributed by atoms with Gasteiger partial charge in [-0.1, -0.05) is 0 Å². The van der Waals surface area contributed by atoms with E-state index < -0.39 is 0 Å². The van der Waals surface area contributed by atoms with Crippen LogP contribution in [0.1, 0.15) is 12.8 Å². The van der Waals surface area contributed by atoms with E-state index in [1.165, 1.54) is 12.8 Å². The summed E-state index contributed by atoms with van der Waals surface area (Å²) in [6, 6.07) is 3.77. The molecular formula is C11H16N2OS. The van der Waals surface area contributed by atoms with Gasteiger partial charge in [0.25, 0.3) is 0 Å². The van der Waals surface area contributed by atoms with Crippen molar-refractivity contribution < 1.29 is 4.74 Å². The highest BCUT2D eigenvalue weighted by Gasteiger charge is 2.14. The van der Waals surface area contributed by atoms with E-state index in [0.717, 1.165) is 35.6 Å². The molecule has 0 atom stereocenters. The molecule has 82 valence electrons. The lowest BCUT2D eigenvalue weighted by Crippen LogP contribution is -2.17. The van der Waals surface area contributed by atoms with Crippen molar-refractivity contribution in [3.05, 3.63) is 18.3 Å². The van der Waals surface area contributed by atoms with Gasteiger partial charge in [-0.25, -0.2) is 4.98 Å². The van der Waals surface area contributed by atoms with Crippen molar-refractivity contribution >= 4 is 17.4 Å². The van der Waals surface area contributed by atoms with Crippen molar-refractivity contribution in [1.29, 1.82) is 0 Å². The standard InChI is InChI=1S/C11H16N2OS/c12-10-2-1-5-13-11(10)15-8-9-3-6-14-7-4-9/h1-2,5,9H,3-4,6-8,12H2. The van der Waals surface area contributed by atoms with E-state index in [-0.39, 0.29) is 0 Å². The van der Waals surface area contributed by atoms with Crippen LogP contribution < -0.4 is 5.73 Å². The van der Waals surface area contributed by atoms with Crippen molar-refractivity contribution in [3.63, 3.8) is 0 Å². The minimum absolute atomic E-state index is 0.755. The number of nitrogens with two attached hydrogens (primary N) is 1. The van der Waals surface area contributed by atoms with Crippen LogP contribution in [0.5, 0.6) is 0 Å². The molecule has 0 radical (unpaired) electrons. The van der Waals surface area contributed by atoms with E-state index in [1.54, 1.807) is 18.0 Å². The molecule has 2 rings (SSSR count). The van der Waals surface area contributed by atoms with Crippen LogP contribution in [0.15, 0.2) is 23.4 Å². The van der Waals surface area contributed by atoms with Crippen LogP contribution in [-0.2, 0) is 4.74 Å². The van der Waals surface area contributed by atoms with E-state index in [1.807, 2.05) is 12.1 Å². The molecule has 1 aromatic heterocycles. The first-order chi connectivity index (χ1) is 7.36. The third-order valence-electron chi connectivity index (χ3n) is 2.60. The fourth-order valence-corrected chi connectivity index (χ4v) is 2.73. The average Bonchev–Trinajstić information content (AvgIpc) is 2.29. The summed E-state index contributed by atoms with van der Waals surface area (Å²) >= 11 is 1.76. The van der Waals surface area contributed by atoms with Crippen LogP contribution >= 0.6 is 11.8 Å². The first-order valence-corrected chi connectivity index (χ1v) is 6.26. The van der Waals surface area contributed by atoms with Gasteiger partial charge in [-0.3, -0.25) is 0 Å². The van der Waals surface area contributed by atoms with Gasteiger partial charge in [0, 0.05) is 25.2 Å². The number of nitrogens with zero attached hydrogens (tertiary/aromatic N) is 1. The molecule has 0 unspecified atom stereocenters. The Hall–Kier alpha value is -0.740. The molecule has 1 aliphatic rings. The summed E-state index contributed by atoms with van der Waals surface area (Å²) in [5.41, 5.74) is 6.61. The first-order valence-electron chi connectivity index (χ1n) is 5.27. The Labute approximate surface area is 94.4 Å². The van der Waals surface area contributed by atoms with Gasteiger partial charge in [0.15, 0.2) is 0 Å². The second-order valence-corrected chi connectivity index (χ2v) is 4.77. The minimum Gasteiger partial charge on any atom is -0.397 e. The Morgan fingerprint density at radius 2 is 2.27 bits per heavy atom. The van der Waals surface area contributed by atoms with E-state index in [0.29, 0.717) is 0 Å². The fraction of sp³-hybridized carbons (Fsp3) is 0.545. The van der Waals surface area contributed by atoms with Gasteiger partial charge in [0.05, 0.1) is 5.69 Å². The predicted octanol–water partition coefficient (Wildman–Crippen LogP) is 2.18. The molecule has 2 N–H and O–H groups in total. The Morgan fingerprint density at radius 3 is 3.00 bits per heavy atom. The molecule has 0 aromatic carbocycles. The maximum absolute atomic E-state index is 5.83. The lowest BCUT2D eigenvalue weighted by Gasteiger charge is -2.21. The molecule has 0 amide bonds. The summed E-state index contributed by atoms with van der Waals surface area (Å²) in [7, 11) is 0. The molecule has 0 aliphatic carbocycles. The molecule has 1 aliphatic heterocycles. The van der Waals surface area contributed by atoms with E-state index in [4.69, 9.17) is 10.5 Å². The van der Waals surface area contributed by atoms with E-state index in [2.05, 4.69) is 4.98 Å². The van der Waals surface area contributed by atoms with Crippen molar-refractivity contribution in [2.75, 3.05) is 24.7 Å². The Kier molecular flexibility index (Phi) is 3.86. The van der Waals surface area contributed by atoms with Gasteiger partial charge in [-0.05, 0) is 30.9 Å². The van der Waals surface area contributed by atoms with Crippen LogP contribution in [0.3, 0.4) is 0 Å². The maximum Gasteiger partial charge on any atom is 0.119 e. The molecular weight excluding hydrogens is 208 g/mol. The highest BCUT2D eigenvalue weighted by molar-refractivity contribution is 7.99.